The Bertz CT molecular complexity index is 735. The number of aromatic nitrogens is 1. The van der Waals surface area contributed by atoms with E-state index in [0.29, 0.717) is 18.1 Å². The molecule has 128 valence electrons. The number of amides is 1. The third kappa shape index (κ3) is 3.44. The van der Waals surface area contributed by atoms with Crippen LogP contribution in [0.5, 0.6) is 0 Å². The Kier molecular flexibility index (Phi) is 4.87. The molecule has 7 heteroatoms. The molecule has 0 spiro atoms. The van der Waals surface area contributed by atoms with Crippen LogP contribution in [0.3, 0.4) is 0 Å². The summed E-state index contributed by atoms with van der Waals surface area (Å²) in [7, 11) is 0. The molecule has 1 saturated heterocycles. The molecule has 2 heterocycles. The minimum atomic E-state index is -0.539. The van der Waals surface area contributed by atoms with Gasteiger partial charge in [0.1, 0.15) is 11.6 Å². The molecule has 5 nitrogen and oxygen atoms in total. The van der Waals surface area contributed by atoms with Crippen molar-refractivity contribution in [1.29, 1.82) is 0 Å². The summed E-state index contributed by atoms with van der Waals surface area (Å²) in [6, 6.07) is 4.05. The fourth-order valence-corrected chi connectivity index (χ4v) is 3.06. The first-order chi connectivity index (χ1) is 11.5. The number of nitrogens with zero attached hydrogens (tertiary/aromatic N) is 3. The third-order valence-corrected chi connectivity index (χ3v) is 4.62. The lowest BCUT2D eigenvalue weighted by Gasteiger charge is -2.34. The predicted octanol–water partition coefficient (Wildman–Crippen LogP) is 3.04. The first kappa shape index (κ1) is 16.9. The van der Waals surface area contributed by atoms with Gasteiger partial charge in [0.05, 0.1) is 11.3 Å². The van der Waals surface area contributed by atoms with Gasteiger partial charge >= 0.3 is 0 Å². The number of rotatable bonds is 3. The lowest BCUT2D eigenvalue weighted by atomic mass is 10.1. The van der Waals surface area contributed by atoms with Crippen molar-refractivity contribution in [2.75, 3.05) is 26.2 Å². The van der Waals surface area contributed by atoms with Gasteiger partial charge in [-0.3, -0.25) is 9.69 Å². The maximum atomic E-state index is 13.9. The van der Waals surface area contributed by atoms with Crippen LogP contribution in [0, 0.1) is 19.7 Å². The fraction of sp³-hybridized carbons (Fsp3) is 0.412. The second-order valence-electron chi connectivity index (χ2n) is 6.00. The minimum Gasteiger partial charge on any atom is -0.361 e. The van der Waals surface area contributed by atoms with Gasteiger partial charge in [-0.1, -0.05) is 16.8 Å². The van der Waals surface area contributed by atoms with Crippen molar-refractivity contribution in [2.45, 2.75) is 20.4 Å². The molecule has 0 unspecified atom stereocenters. The summed E-state index contributed by atoms with van der Waals surface area (Å²) in [6.07, 6.45) is 0. The largest absolute Gasteiger partial charge is 0.361 e. The van der Waals surface area contributed by atoms with E-state index in [1.54, 1.807) is 4.90 Å². The molecule has 1 aromatic heterocycles. The topological polar surface area (TPSA) is 49.6 Å². The quantitative estimate of drug-likeness (QED) is 0.852. The monoisotopic (exact) mass is 351 g/mol. The Morgan fingerprint density at radius 3 is 2.62 bits per heavy atom. The molecule has 0 saturated carbocycles. The number of aryl methyl sites for hydroxylation is 2. The van der Waals surface area contributed by atoms with E-state index in [1.165, 1.54) is 18.2 Å². The molecule has 0 radical (unpaired) electrons. The Hall–Kier alpha value is -1.92. The second kappa shape index (κ2) is 6.91. The second-order valence-corrected chi connectivity index (χ2v) is 6.43. The highest BCUT2D eigenvalue weighted by molar-refractivity contribution is 6.31. The third-order valence-electron chi connectivity index (χ3n) is 4.38. The van der Waals surface area contributed by atoms with Gasteiger partial charge in [-0.05, 0) is 32.0 Å². The van der Waals surface area contributed by atoms with Crippen LogP contribution in [0.4, 0.5) is 4.39 Å². The van der Waals surface area contributed by atoms with E-state index < -0.39 is 5.82 Å². The number of halogens is 2. The van der Waals surface area contributed by atoms with Crippen LogP contribution in [-0.2, 0) is 6.54 Å². The Morgan fingerprint density at radius 2 is 2.00 bits per heavy atom. The van der Waals surface area contributed by atoms with E-state index in [-0.39, 0.29) is 11.5 Å². The van der Waals surface area contributed by atoms with Crippen molar-refractivity contribution in [1.82, 2.24) is 15.0 Å². The van der Waals surface area contributed by atoms with Crippen LogP contribution in [0.1, 0.15) is 27.4 Å². The van der Waals surface area contributed by atoms with E-state index in [4.69, 9.17) is 16.1 Å². The number of benzene rings is 1. The van der Waals surface area contributed by atoms with Gasteiger partial charge in [-0.2, -0.15) is 0 Å². The summed E-state index contributed by atoms with van der Waals surface area (Å²) in [5.41, 5.74) is 2.02. The number of piperazine rings is 1. The van der Waals surface area contributed by atoms with Gasteiger partial charge in [0.15, 0.2) is 0 Å². The first-order valence-electron chi connectivity index (χ1n) is 7.84. The summed E-state index contributed by atoms with van der Waals surface area (Å²) in [5, 5.41) is 4.32. The van der Waals surface area contributed by atoms with Gasteiger partial charge in [0, 0.05) is 43.3 Å². The summed E-state index contributed by atoms with van der Waals surface area (Å²) >= 11 is 5.87. The van der Waals surface area contributed by atoms with E-state index in [0.717, 1.165) is 36.7 Å². The number of carbonyl (C=O) groups excluding carboxylic acids is 1. The van der Waals surface area contributed by atoms with Crippen LogP contribution in [0.25, 0.3) is 0 Å². The zero-order valence-corrected chi connectivity index (χ0v) is 14.4. The zero-order chi connectivity index (χ0) is 17.3. The Labute approximate surface area is 145 Å². The van der Waals surface area contributed by atoms with Crippen LogP contribution in [0.2, 0.25) is 5.02 Å². The highest BCUT2D eigenvalue weighted by atomic mass is 35.5. The smallest absolute Gasteiger partial charge is 0.256 e. The maximum Gasteiger partial charge on any atom is 0.256 e. The molecule has 1 aliphatic heterocycles. The van der Waals surface area contributed by atoms with Crippen LogP contribution in [-0.4, -0.2) is 47.0 Å². The molecule has 0 N–H and O–H groups in total. The zero-order valence-electron chi connectivity index (χ0n) is 13.7. The van der Waals surface area contributed by atoms with Crippen LogP contribution in [0.15, 0.2) is 22.7 Å². The molecule has 0 aliphatic carbocycles. The average molecular weight is 352 g/mol. The predicted molar refractivity (Wildman–Crippen MR) is 88.6 cm³/mol. The molecule has 1 fully saturated rings. The number of carbonyl (C=O) groups is 1. The highest BCUT2D eigenvalue weighted by Crippen LogP contribution is 2.19. The number of hydrogen-bond acceptors (Lipinski definition) is 4. The van der Waals surface area contributed by atoms with Gasteiger partial charge in [0.2, 0.25) is 0 Å². The lowest BCUT2D eigenvalue weighted by molar-refractivity contribution is 0.0623. The van der Waals surface area contributed by atoms with E-state index in [9.17, 15) is 9.18 Å². The molecule has 1 aliphatic rings. The van der Waals surface area contributed by atoms with Crippen LogP contribution >= 0.6 is 11.6 Å². The van der Waals surface area contributed by atoms with Crippen molar-refractivity contribution in [3.8, 4) is 0 Å². The maximum absolute atomic E-state index is 13.9. The molecular formula is C17H19ClFN3O2. The lowest BCUT2D eigenvalue weighted by Crippen LogP contribution is -2.48. The summed E-state index contributed by atoms with van der Waals surface area (Å²) < 4.78 is 19.0. The highest BCUT2D eigenvalue weighted by Gasteiger charge is 2.25. The minimum absolute atomic E-state index is 0.0293. The number of hydrogen-bond donors (Lipinski definition) is 0. The molecule has 0 atom stereocenters. The normalized spacial score (nSPS) is 15.8. The molecule has 1 amide bonds. The van der Waals surface area contributed by atoms with E-state index in [2.05, 4.69) is 10.1 Å². The summed E-state index contributed by atoms with van der Waals surface area (Å²) in [4.78, 5) is 16.4. The van der Waals surface area contributed by atoms with Crippen molar-refractivity contribution in [3.05, 3.63) is 51.6 Å². The average Bonchev–Trinajstić information content (AvgIpc) is 2.89. The van der Waals surface area contributed by atoms with Gasteiger partial charge in [0.25, 0.3) is 5.91 Å². The van der Waals surface area contributed by atoms with Gasteiger partial charge in [-0.25, -0.2) is 4.39 Å². The molecule has 3 rings (SSSR count). The summed E-state index contributed by atoms with van der Waals surface area (Å²) in [6.45, 7) is 7.11. The van der Waals surface area contributed by atoms with E-state index in [1.807, 2.05) is 13.8 Å². The molecule has 0 bridgehead atoms. The van der Waals surface area contributed by atoms with Gasteiger partial charge in [-0.15, -0.1) is 0 Å². The van der Waals surface area contributed by atoms with Crippen molar-refractivity contribution in [3.63, 3.8) is 0 Å². The molecular weight excluding hydrogens is 333 g/mol. The molecule has 1 aromatic carbocycles. The Morgan fingerprint density at radius 1 is 1.29 bits per heavy atom. The van der Waals surface area contributed by atoms with E-state index >= 15 is 0 Å². The molecule has 24 heavy (non-hydrogen) atoms. The fourth-order valence-electron chi connectivity index (χ4n) is 2.89. The summed E-state index contributed by atoms with van der Waals surface area (Å²) in [5.74, 6) is -0.0263. The van der Waals surface area contributed by atoms with Crippen LogP contribution < -0.4 is 0 Å². The van der Waals surface area contributed by atoms with Crippen molar-refractivity contribution < 1.29 is 13.7 Å². The van der Waals surface area contributed by atoms with Crippen molar-refractivity contribution in [2.24, 2.45) is 0 Å². The standard InChI is InChI=1S/C17H19ClFN3O2/c1-11-15(12(2)24-20-11)10-21-5-7-22(8-6-21)17(23)14-9-13(18)3-4-16(14)19/h3-4,9H,5-8,10H2,1-2H3. The molecule has 2 aromatic rings. The SMILES string of the molecule is Cc1noc(C)c1CN1CCN(C(=O)c2cc(Cl)ccc2F)CC1. The van der Waals surface area contributed by atoms with Gasteiger partial charge < -0.3 is 9.42 Å². The van der Waals surface area contributed by atoms with Crippen molar-refractivity contribution >= 4 is 17.5 Å². The first-order valence-corrected chi connectivity index (χ1v) is 8.22. The Balaban J connectivity index is 1.62.